The average molecular weight is 236 g/mol. The lowest BCUT2D eigenvalue weighted by Gasteiger charge is -2.47. The summed E-state index contributed by atoms with van der Waals surface area (Å²) in [6, 6.07) is 1.82. The number of nitrogens with one attached hydrogen (secondary N) is 1. The van der Waals surface area contributed by atoms with Gasteiger partial charge in [-0.25, -0.2) is 0 Å². The Balaban J connectivity index is 1.45. The van der Waals surface area contributed by atoms with E-state index in [0.717, 1.165) is 23.9 Å². The second-order valence-electron chi connectivity index (χ2n) is 6.50. The summed E-state index contributed by atoms with van der Waals surface area (Å²) in [7, 11) is 0. The number of rotatable bonds is 5. The summed E-state index contributed by atoms with van der Waals surface area (Å²) < 4.78 is 0. The van der Waals surface area contributed by atoms with Crippen LogP contribution in [0.2, 0.25) is 0 Å². The molecule has 1 aliphatic heterocycles. The van der Waals surface area contributed by atoms with E-state index in [-0.39, 0.29) is 0 Å². The smallest absolute Gasteiger partial charge is 0.0136 e. The van der Waals surface area contributed by atoms with Gasteiger partial charge in [0, 0.05) is 18.6 Å². The van der Waals surface area contributed by atoms with Gasteiger partial charge < -0.3 is 5.32 Å². The van der Waals surface area contributed by atoms with E-state index in [0.29, 0.717) is 0 Å². The molecule has 0 aromatic heterocycles. The van der Waals surface area contributed by atoms with Crippen molar-refractivity contribution in [2.45, 2.75) is 64.0 Å². The van der Waals surface area contributed by atoms with E-state index < -0.39 is 0 Å². The van der Waals surface area contributed by atoms with Crippen molar-refractivity contribution in [1.82, 2.24) is 10.2 Å². The van der Waals surface area contributed by atoms with Crippen LogP contribution in [-0.4, -0.2) is 36.6 Å². The van der Waals surface area contributed by atoms with Gasteiger partial charge in [0.15, 0.2) is 0 Å². The molecule has 98 valence electrons. The molecule has 0 bridgehead atoms. The molecule has 3 rings (SSSR count). The van der Waals surface area contributed by atoms with Gasteiger partial charge in [-0.05, 0) is 63.5 Å². The van der Waals surface area contributed by atoms with Crippen molar-refractivity contribution in [3.05, 3.63) is 0 Å². The molecule has 1 heterocycles. The summed E-state index contributed by atoms with van der Waals surface area (Å²) in [6.45, 7) is 6.42. The molecule has 3 atom stereocenters. The molecule has 3 unspecified atom stereocenters. The quantitative estimate of drug-likeness (QED) is 0.789. The van der Waals surface area contributed by atoms with Crippen molar-refractivity contribution in [3.63, 3.8) is 0 Å². The molecule has 0 amide bonds. The summed E-state index contributed by atoms with van der Waals surface area (Å²) in [5, 5.41) is 3.73. The van der Waals surface area contributed by atoms with Crippen LogP contribution in [0.25, 0.3) is 0 Å². The molecule has 0 radical (unpaired) electrons. The fourth-order valence-electron chi connectivity index (χ4n) is 3.61. The van der Waals surface area contributed by atoms with Gasteiger partial charge >= 0.3 is 0 Å². The standard InChI is InChI=1S/C15H28N2/c1-2-12-4-3-9-17(11-12)15-8-5-13(15)10-16-14-6-7-14/h12-16H,2-11H2,1H3. The summed E-state index contributed by atoms with van der Waals surface area (Å²) in [5.74, 6) is 1.95. The van der Waals surface area contributed by atoms with Crippen LogP contribution in [0.5, 0.6) is 0 Å². The first kappa shape index (κ1) is 12.0. The van der Waals surface area contributed by atoms with Gasteiger partial charge in [0.2, 0.25) is 0 Å². The molecule has 3 fully saturated rings. The second kappa shape index (κ2) is 5.27. The molecule has 2 nitrogen and oxygen atoms in total. The molecule has 0 aromatic carbocycles. The number of hydrogen-bond acceptors (Lipinski definition) is 2. The SMILES string of the molecule is CCC1CCCN(C2CCC2CNC2CC2)C1. The Morgan fingerprint density at radius 2 is 2.00 bits per heavy atom. The van der Waals surface area contributed by atoms with Gasteiger partial charge in [0.25, 0.3) is 0 Å². The lowest BCUT2D eigenvalue weighted by atomic mass is 9.77. The van der Waals surface area contributed by atoms with E-state index in [1.54, 1.807) is 0 Å². The molecule has 2 aliphatic carbocycles. The zero-order valence-electron chi connectivity index (χ0n) is 11.3. The molecule has 0 aromatic rings. The second-order valence-corrected chi connectivity index (χ2v) is 6.50. The van der Waals surface area contributed by atoms with E-state index >= 15 is 0 Å². The Morgan fingerprint density at radius 3 is 2.65 bits per heavy atom. The average Bonchev–Trinajstić information content (AvgIpc) is 3.12. The fourth-order valence-corrected chi connectivity index (χ4v) is 3.61. The molecule has 2 saturated carbocycles. The minimum Gasteiger partial charge on any atom is -0.314 e. The van der Waals surface area contributed by atoms with Gasteiger partial charge in [-0.1, -0.05) is 13.3 Å². The summed E-state index contributed by atoms with van der Waals surface area (Å²) in [4.78, 5) is 2.82. The Labute approximate surface area is 106 Å². The predicted molar refractivity (Wildman–Crippen MR) is 72.1 cm³/mol. The van der Waals surface area contributed by atoms with Crippen LogP contribution in [0.15, 0.2) is 0 Å². The van der Waals surface area contributed by atoms with Crippen LogP contribution in [-0.2, 0) is 0 Å². The number of nitrogens with zero attached hydrogens (tertiary/aromatic N) is 1. The third kappa shape index (κ3) is 2.85. The van der Waals surface area contributed by atoms with Gasteiger partial charge in [-0.2, -0.15) is 0 Å². The van der Waals surface area contributed by atoms with Gasteiger partial charge in [-0.3, -0.25) is 4.90 Å². The minimum absolute atomic E-state index is 0.890. The summed E-state index contributed by atoms with van der Waals surface area (Å²) >= 11 is 0. The van der Waals surface area contributed by atoms with Crippen LogP contribution in [0.1, 0.15) is 51.9 Å². The third-order valence-corrected chi connectivity index (χ3v) is 5.22. The Morgan fingerprint density at radius 1 is 1.12 bits per heavy atom. The minimum atomic E-state index is 0.890. The van der Waals surface area contributed by atoms with Gasteiger partial charge in [0.05, 0.1) is 0 Å². The number of likely N-dealkylation sites (tertiary alicyclic amines) is 1. The van der Waals surface area contributed by atoms with E-state index in [4.69, 9.17) is 0 Å². The van der Waals surface area contributed by atoms with E-state index in [1.807, 2.05) is 0 Å². The zero-order chi connectivity index (χ0) is 11.7. The van der Waals surface area contributed by atoms with Crippen molar-refractivity contribution < 1.29 is 0 Å². The fraction of sp³-hybridized carbons (Fsp3) is 1.00. The first-order valence-electron chi connectivity index (χ1n) is 7.84. The molecular formula is C15H28N2. The lowest BCUT2D eigenvalue weighted by Crippen LogP contribution is -2.53. The summed E-state index contributed by atoms with van der Waals surface area (Å²) in [6.07, 6.45) is 10.1. The van der Waals surface area contributed by atoms with Gasteiger partial charge in [0.1, 0.15) is 0 Å². The van der Waals surface area contributed by atoms with Crippen LogP contribution < -0.4 is 5.32 Å². The Hall–Kier alpha value is -0.0800. The molecule has 2 heteroatoms. The topological polar surface area (TPSA) is 15.3 Å². The van der Waals surface area contributed by atoms with E-state index in [9.17, 15) is 0 Å². The molecule has 17 heavy (non-hydrogen) atoms. The largest absolute Gasteiger partial charge is 0.314 e. The van der Waals surface area contributed by atoms with Crippen LogP contribution in [0, 0.1) is 11.8 Å². The highest BCUT2D eigenvalue weighted by Crippen LogP contribution is 2.35. The first-order chi connectivity index (χ1) is 8.36. The molecule has 3 aliphatic rings. The maximum Gasteiger partial charge on any atom is 0.0136 e. The van der Waals surface area contributed by atoms with Crippen molar-refractivity contribution in [1.29, 1.82) is 0 Å². The summed E-state index contributed by atoms with van der Waals surface area (Å²) in [5.41, 5.74) is 0. The molecule has 0 spiro atoms. The third-order valence-electron chi connectivity index (χ3n) is 5.22. The monoisotopic (exact) mass is 236 g/mol. The van der Waals surface area contributed by atoms with Crippen LogP contribution in [0.3, 0.4) is 0 Å². The highest BCUT2D eigenvalue weighted by Gasteiger charge is 2.37. The maximum atomic E-state index is 3.73. The van der Waals surface area contributed by atoms with Crippen LogP contribution >= 0.6 is 0 Å². The van der Waals surface area contributed by atoms with Crippen molar-refractivity contribution in [2.24, 2.45) is 11.8 Å². The van der Waals surface area contributed by atoms with Gasteiger partial charge in [-0.15, -0.1) is 0 Å². The van der Waals surface area contributed by atoms with Crippen molar-refractivity contribution >= 4 is 0 Å². The normalized spacial score (nSPS) is 39.0. The van der Waals surface area contributed by atoms with E-state index in [1.165, 1.54) is 64.6 Å². The molecule has 1 saturated heterocycles. The van der Waals surface area contributed by atoms with Crippen molar-refractivity contribution in [2.75, 3.05) is 19.6 Å². The molecule has 1 N–H and O–H groups in total. The van der Waals surface area contributed by atoms with Crippen LogP contribution in [0.4, 0.5) is 0 Å². The highest BCUT2D eigenvalue weighted by molar-refractivity contribution is 4.93. The number of hydrogen-bond donors (Lipinski definition) is 1. The van der Waals surface area contributed by atoms with E-state index in [2.05, 4.69) is 17.1 Å². The Kier molecular flexibility index (Phi) is 3.72. The highest BCUT2D eigenvalue weighted by atomic mass is 15.2. The Bertz CT molecular complexity index is 249. The van der Waals surface area contributed by atoms with Crippen molar-refractivity contribution in [3.8, 4) is 0 Å². The zero-order valence-corrected chi connectivity index (χ0v) is 11.3. The predicted octanol–water partition coefficient (Wildman–Crippen LogP) is 2.64. The number of piperidine rings is 1. The maximum absolute atomic E-state index is 3.73. The molecular weight excluding hydrogens is 208 g/mol. The lowest BCUT2D eigenvalue weighted by molar-refractivity contribution is 0.0277. The first-order valence-corrected chi connectivity index (χ1v) is 7.84.